The highest BCUT2D eigenvalue weighted by atomic mass is 79.9. The van der Waals surface area contributed by atoms with Gasteiger partial charge >= 0.3 is 0 Å². The van der Waals surface area contributed by atoms with Crippen LogP contribution >= 0.6 is 15.9 Å². The highest BCUT2D eigenvalue weighted by Gasteiger charge is 2.07. The van der Waals surface area contributed by atoms with E-state index in [0.29, 0.717) is 13.0 Å². The SMILES string of the molecule is C[C@H](NCCC(N)=O)c1ccccc1Br. The zero-order valence-electron chi connectivity index (χ0n) is 8.66. The predicted octanol–water partition coefficient (Wildman–Crippen LogP) is 1.98. The molecule has 1 rings (SSSR count). The van der Waals surface area contributed by atoms with Gasteiger partial charge in [-0.05, 0) is 18.6 Å². The van der Waals surface area contributed by atoms with Gasteiger partial charge < -0.3 is 11.1 Å². The largest absolute Gasteiger partial charge is 0.370 e. The van der Waals surface area contributed by atoms with Crippen LogP contribution in [0.15, 0.2) is 28.7 Å². The van der Waals surface area contributed by atoms with Gasteiger partial charge in [0.15, 0.2) is 0 Å². The maximum atomic E-state index is 10.6. The van der Waals surface area contributed by atoms with Crippen LogP contribution in [-0.2, 0) is 4.79 Å². The molecule has 1 amide bonds. The smallest absolute Gasteiger partial charge is 0.218 e. The number of halogens is 1. The van der Waals surface area contributed by atoms with Crippen LogP contribution in [0, 0.1) is 0 Å². The Morgan fingerprint density at radius 1 is 1.53 bits per heavy atom. The van der Waals surface area contributed by atoms with Crippen LogP contribution in [-0.4, -0.2) is 12.5 Å². The summed E-state index contributed by atoms with van der Waals surface area (Å²) in [5, 5.41) is 3.24. The number of primary amides is 1. The van der Waals surface area contributed by atoms with Gasteiger partial charge in [-0.15, -0.1) is 0 Å². The van der Waals surface area contributed by atoms with Gasteiger partial charge in [0.25, 0.3) is 0 Å². The Morgan fingerprint density at radius 3 is 2.80 bits per heavy atom. The first-order chi connectivity index (χ1) is 7.11. The molecule has 0 fully saturated rings. The molecular weight excluding hydrogens is 256 g/mol. The molecule has 0 aliphatic rings. The third kappa shape index (κ3) is 4.01. The van der Waals surface area contributed by atoms with Gasteiger partial charge in [0.05, 0.1) is 0 Å². The normalized spacial score (nSPS) is 12.4. The predicted molar refractivity (Wildman–Crippen MR) is 64.4 cm³/mol. The summed E-state index contributed by atoms with van der Waals surface area (Å²) in [6.07, 6.45) is 0.370. The van der Waals surface area contributed by atoms with E-state index >= 15 is 0 Å². The van der Waals surface area contributed by atoms with Crippen molar-refractivity contribution in [1.82, 2.24) is 5.32 Å². The lowest BCUT2D eigenvalue weighted by Gasteiger charge is -2.15. The molecule has 0 spiro atoms. The number of carbonyl (C=O) groups excluding carboxylic acids is 1. The highest BCUT2D eigenvalue weighted by Crippen LogP contribution is 2.22. The third-order valence-corrected chi connectivity index (χ3v) is 2.92. The highest BCUT2D eigenvalue weighted by molar-refractivity contribution is 9.10. The number of carbonyl (C=O) groups is 1. The van der Waals surface area contributed by atoms with Crippen molar-refractivity contribution >= 4 is 21.8 Å². The van der Waals surface area contributed by atoms with Crippen molar-refractivity contribution in [2.75, 3.05) is 6.54 Å². The van der Waals surface area contributed by atoms with Gasteiger partial charge in [0.1, 0.15) is 0 Å². The minimum absolute atomic E-state index is 0.208. The van der Waals surface area contributed by atoms with Crippen LogP contribution < -0.4 is 11.1 Å². The molecule has 0 saturated carbocycles. The van der Waals surface area contributed by atoms with Crippen LogP contribution in [0.5, 0.6) is 0 Å². The molecule has 1 aromatic rings. The molecule has 15 heavy (non-hydrogen) atoms. The van der Waals surface area contributed by atoms with Gasteiger partial charge in [0.2, 0.25) is 5.91 Å². The number of amides is 1. The Labute approximate surface area is 98.2 Å². The molecule has 0 aliphatic heterocycles. The summed E-state index contributed by atoms with van der Waals surface area (Å²) in [6.45, 7) is 2.67. The molecule has 0 unspecified atom stereocenters. The summed E-state index contributed by atoms with van der Waals surface area (Å²) in [6, 6.07) is 8.23. The second-order valence-corrected chi connectivity index (χ2v) is 4.27. The Hall–Kier alpha value is -0.870. The van der Waals surface area contributed by atoms with Crippen molar-refractivity contribution in [2.45, 2.75) is 19.4 Å². The van der Waals surface area contributed by atoms with E-state index in [-0.39, 0.29) is 11.9 Å². The second kappa shape index (κ2) is 5.88. The minimum Gasteiger partial charge on any atom is -0.370 e. The summed E-state index contributed by atoms with van der Waals surface area (Å²) in [7, 11) is 0. The van der Waals surface area contributed by atoms with Gasteiger partial charge in [-0.25, -0.2) is 0 Å². The zero-order chi connectivity index (χ0) is 11.3. The first-order valence-corrected chi connectivity index (χ1v) is 5.66. The van der Waals surface area contributed by atoms with E-state index in [1.807, 2.05) is 24.3 Å². The van der Waals surface area contributed by atoms with E-state index in [9.17, 15) is 4.79 Å². The molecule has 0 aliphatic carbocycles. The van der Waals surface area contributed by atoms with Crippen LogP contribution in [0.25, 0.3) is 0 Å². The Morgan fingerprint density at radius 2 is 2.20 bits per heavy atom. The van der Waals surface area contributed by atoms with Crippen molar-refractivity contribution < 1.29 is 4.79 Å². The van der Waals surface area contributed by atoms with Gasteiger partial charge in [-0.3, -0.25) is 4.79 Å². The van der Waals surface area contributed by atoms with E-state index in [1.165, 1.54) is 5.56 Å². The van der Waals surface area contributed by atoms with Gasteiger partial charge in [-0.2, -0.15) is 0 Å². The van der Waals surface area contributed by atoms with Crippen molar-refractivity contribution in [2.24, 2.45) is 5.73 Å². The molecule has 0 aromatic heterocycles. The van der Waals surface area contributed by atoms with E-state index in [2.05, 4.69) is 28.2 Å². The van der Waals surface area contributed by atoms with Crippen LogP contribution in [0.3, 0.4) is 0 Å². The zero-order valence-corrected chi connectivity index (χ0v) is 10.3. The van der Waals surface area contributed by atoms with E-state index < -0.39 is 0 Å². The minimum atomic E-state index is -0.276. The Kier molecular flexibility index (Phi) is 4.78. The van der Waals surface area contributed by atoms with Crippen molar-refractivity contribution in [3.05, 3.63) is 34.3 Å². The molecule has 4 heteroatoms. The maximum absolute atomic E-state index is 10.6. The summed E-state index contributed by atoms with van der Waals surface area (Å²) >= 11 is 3.49. The average Bonchev–Trinajstić information content (AvgIpc) is 2.17. The van der Waals surface area contributed by atoms with Crippen LogP contribution in [0.2, 0.25) is 0 Å². The van der Waals surface area contributed by atoms with E-state index in [0.717, 1.165) is 4.47 Å². The molecular formula is C11H15BrN2O. The topological polar surface area (TPSA) is 55.1 Å². The van der Waals surface area contributed by atoms with E-state index in [1.54, 1.807) is 0 Å². The molecule has 1 aromatic carbocycles. The van der Waals surface area contributed by atoms with Gasteiger partial charge in [-0.1, -0.05) is 34.1 Å². The summed E-state index contributed by atoms with van der Waals surface area (Å²) < 4.78 is 1.07. The maximum Gasteiger partial charge on any atom is 0.218 e. The van der Waals surface area contributed by atoms with Crippen molar-refractivity contribution in [1.29, 1.82) is 0 Å². The van der Waals surface area contributed by atoms with Crippen molar-refractivity contribution in [3.63, 3.8) is 0 Å². The average molecular weight is 271 g/mol. The fourth-order valence-corrected chi connectivity index (χ4v) is 1.98. The molecule has 82 valence electrons. The first-order valence-electron chi connectivity index (χ1n) is 4.87. The number of rotatable bonds is 5. The molecule has 3 nitrogen and oxygen atoms in total. The molecule has 0 bridgehead atoms. The fraction of sp³-hybridized carbons (Fsp3) is 0.364. The lowest BCUT2D eigenvalue weighted by Crippen LogP contribution is -2.24. The molecule has 0 saturated heterocycles. The van der Waals surface area contributed by atoms with E-state index in [4.69, 9.17) is 5.73 Å². The molecule has 3 N–H and O–H groups in total. The Balaban J connectivity index is 2.50. The quantitative estimate of drug-likeness (QED) is 0.860. The first kappa shape index (κ1) is 12.2. The molecule has 0 radical (unpaired) electrons. The van der Waals surface area contributed by atoms with Crippen LogP contribution in [0.1, 0.15) is 24.9 Å². The number of nitrogens with two attached hydrogens (primary N) is 1. The number of hydrogen-bond donors (Lipinski definition) is 2. The summed E-state index contributed by atoms with van der Waals surface area (Å²) in [5.74, 6) is -0.276. The lowest BCUT2D eigenvalue weighted by molar-refractivity contribution is -0.117. The Bertz CT molecular complexity index is 341. The summed E-state index contributed by atoms with van der Waals surface area (Å²) in [5.41, 5.74) is 6.24. The van der Waals surface area contributed by atoms with Crippen LogP contribution in [0.4, 0.5) is 0 Å². The lowest BCUT2D eigenvalue weighted by atomic mass is 10.1. The molecule has 1 atom stereocenters. The van der Waals surface area contributed by atoms with Crippen molar-refractivity contribution in [3.8, 4) is 0 Å². The number of hydrogen-bond acceptors (Lipinski definition) is 2. The third-order valence-electron chi connectivity index (χ3n) is 2.19. The standard InChI is InChI=1S/C11H15BrN2O/c1-8(14-7-6-11(13)15)9-4-2-3-5-10(9)12/h2-5,8,14H,6-7H2,1H3,(H2,13,15)/t8-/m0/s1. The second-order valence-electron chi connectivity index (χ2n) is 3.41. The number of benzene rings is 1. The summed E-state index contributed by atoms with van der Waals surface area (Å²) in [4.78, 5) is 10.6. The fourth-order valence-electron chi connectivity index (χ4n) is 1.35. The number of nitrogens with one attached hydrogen (secondary N) is 1. The monoisotopic (exact) mass is 270 g/mol. The molecule has 0 heterocycles. The van der Waals surface area contributed by atoms with Gasteiger partial charge in [0, 0.05) is 23.5 Å².